The Labute approximate surface area is 140 Å². The SMILES string of the molecule is CC(COc1ccc(C(C)C(=O)O)cc1)Oc1ccc(Cl)cc1. The summed E-state index contributed by atoms with van der Waals surface area (Å²) < 4.78 is 11.4. The molecule has 2 atom stereocenters. The molecule has 0 fully saturated rings. The molecule has 0 aromatic heterocycles. The number of hydrogen-bond acceptors (Lipinski definition) is 3. The minimum atomic E-state index is -0.844. The van der Waals surface area contributed by atoms with E-state index in [1.165, 1.54) is 0 Å². The first-order valence-corrected chi connectivity index (χ1v) is 7.71. The Morgan fingerprint density at radius 1 is 1.04 bits per heavy atom. The van der Waals surface area contributed by atoms with E-state index in [0.29, 0.717) is 17.4 Å². The van der Waals surface area contributed by atoms with Crippen LogP contribution < -0.4 is 9.47 Å². The quantitative estimate of drug-likeness (QED) is 0.816. The van der Waals surface area contributed by atoms with Crippen LogP contribution >= 0.6 is 11.6 Å². The third kappa shape index (κ3) is 5.18. The fourth-order valence-corrected chi connectivity index (χ4v) is 2.11. The molecule has 2 aromatic rings. The molecule has 0 aliphatic rings. The Kier molecular flexibility index (Phi) is 5.88. The van der Waals surface area contributed by atoms with Gasteiger partial charge in [-0.2, -0.15) is 0 Å². The Balaban J connectivity index is 1.85. The minimum absolute atomic E-state index is 0.131. The third-order valence-corrected chi connectivity index (χ3v) is 3.64. The zero-order valence-corrected chi connectivity index (χ0v) is 13.8. The van der Waals surface area contributed by atoms with Crippen LogP contribution in [0.5, 0.6) is 11.5 Å². The van der Waals surface area contributed by atoms with Crippen LogP contribution in [-0.2, 0) is 4.79 Å². The lowest BCUT2D eigenvalue weighted by molar-refractivity contribution is -0.138. The molecule has 0 aliphatic heterocycles. The van der Waals surface area contributed by atoms with Crippen molar-refractivity contribution in [3.05, 3.63) is 59.1 Å². The van der Waals surface area contributed by atoms with Crippen LogP contribution in [0.2, 0.25) is 5.02 Å². The molecule has 0 radical (unpaired) electrons. The van der Waals surface area contributed by atoms with Crippen LogP contribution in [0.25, 0.3) is 0 Å². The molecule has 2 aromatic carbocycles. The number of ether oxygens (including phenoxy) is 2. The van der Waals surface area contributed by atoms with Gasteiger partial charge in [0.15, 0.2) is 0 Å². The maximum Gasteiger partial charge on any atom is 0.310 e. The van der Waals surface area contributed by atoms with E-state index in [1.54, 1.807) is 55.5 Å². The molecule has 0 saturated carbocycles. The first kappa shape index (κ1) is 17.2. The summed E-state index contributed by atoms with van der Waals surface area (Å²) in [5.74, 6) is 0.0360. The molecule has 2 rings (SSSR count). The van der Waals surface area contributed by atoms with Gasteiger partial charge in [0, 0.05) is 5.02 Å². The largest absolute Gasteiger partial charge is 0.490 e. The van der Waals surface area contributed by atoms with Gasteiger partial charge in [0.1, 0.15) is 24.2 Å². The summed E-state index contributed by atoms with van der Waals surface area (Å²) in [6.45, 7) is 3.95. The second-order valence-corrected chi connectivity index (χ2v) is 5.76. The van der Waals surface area contributed by atoms with Crippen LogP contribution in [0, 0.1) is 0 Å². The number of carbonyl (C=O) groups is 1. The Bertz CT molecular complexity index is 637. The van der Waals surface area contributed by atoms with Gasteiger partial charge < -0.3 is 14.6 Å². The average molecular weight is 335 g/mol. The maximum atomic E-state index is 10.9. The van der Waals surface area contributed by atoms with E-state index >= 15 is 0 Å². The minimum Gasteiger partial charge on any atom is -0.490 e. The van der Waals surface area contributed by atoms with Gasteiger partial charge in [0.2, 0.25) is 0 Å². The van der Waals surface area contributed by atoms with E-state index < -0.39 is 11.9 Å². The molecular formula is C18H19ClO4. The summed E-state index contributed by atoms with van der Waals surface area (Å²) in [5.41, 5.74) is 0.746. The van der Waals surface area contributed by atoms with E-state index in [2.05, 4.69) is 0 Å². The van der Waals surface area contributed by atoms with Crippen molar-refractivity contribution in [2.75, 3.05) is 6.61 Å². The molecule has 0 bridgehead atoms. The number of carboxylic acids is 1. The lowest BCUT2D eigenvalue weighted by Gasteiger charge is -2.16. The van der Waals surface area contributed by atoms with Crippen LogP contribution in [0.1, 0.15) is 25.3 Å². The average Bonchev–Trinajstić information content (AvgIpc) is 2.55. The van der Waals surface area contributed by atoms with Crippen LogP contribution in [0.3, 0.4) is 0 Å². The van der Waals surface area contributed by atoms with Crippen LogP contribution in [0.15, 0.2) is 48.5 Å². The summed E-state index contributed by atoms with van der Waals surface area (Å²) in [6, 6.07) is 14.2. The van der Waals surface area contributed by atoms with E-state index in [1.807, 2.05) is 6.92 Å². The summed E-state index contributed by atoms with van der Waals surface area (Å²) >= 11 is 5.83. The van der Waals surface area contributed by atoms with Crippen LogP contribution in [0.4, 0.5) is 0 Å². The van der Waals surface area contributed by atoms with Crippen LogP contribution in [-0.4, -0.2) is 23.8 Å². The first-order chi connectivity index (χ1) is 11.0. The molecule has 1 N–H and O–H groups in total. The molecule has 0 aliphatic carbocycles. The van der Waals surface area contributed by atoms with Crippen molar-refractivity contribution in [3.8, 4) is 11.5 Å². The maximum absolute atomic E-state index is 10.9. The number of hydrogen-bond donors (Lipinski definition) is 1. The number of rotatable bonds is 7. The van der Waals surface area contributed by atoms with E-state index in [0.717, 1.165) is 11.3 Å². The van der Waals surface area contributed by atoms with Gasteiger partial charge in [-0.05, 0) is 55.8 Å². The zero-order valence-electron chi connectivity index (χ0n) is 13.0. The van der Waals surface area contributed by atoms with Gasteiger partial charge >= 0.3 is 5.97 Å². The second-order valence-electron chi connectivity index (χ2n) is 5.32. The van der Waals surface area contributed by atoms with Crippen molar-refractivity contribution < 1.29 is 19.4 Å². The lowest BCUT2D eigenvalue weighted by Crippen LogP contribution is -2.21. The summed E-state index contributed by atoms with van der Waals surface area (Å²) in [4.78, 5) is 10.9. The lowest BCUT2D eigenvalue weighted by atomic mass is 10.0. The van der Waals surface area contributed by atoms with Gasteiger partial charge in [-0.15, -0.1) is 0 Å². The molecule has 0 amide bonds. The van der Waals surface area contributed by atoms with Crippen molar-refractivity contribution in [1.29, 1.82) is 0 Å². The highest BCUT2D eigenvalue weighted by Gasteiger charge is 2.13. The smallest absolute Gasteiger partial charge is 0.310 e. The van der Waals surface area contributed by atoms with E-state index in [4.69, 9.17) is 26.2 Å². The predicted octanol–water partition coefficient (Wildman–Crippen LogP) is 4.37. The Hall–Kier alpha value is -2.20. The van der Waals surface area contributed by atoms with Crippen molar-refractivity contribution >= 4 is 17.6 Å². The third-order valence-electron chi connectivity index (χ3n) is 3.39. The Morgan fingerprint density at radius 2 is 1.61 bits per heavy atom. The normalized spacial score (nSPS) is 13.2. The highest BCUT2D eigenvalue weighted by Crippen LogP contribution is 2.20. The van der Waals surface area contributed by atoms with Crippen molar-refractivity contribution in [3.63, 3.8) is 0 Å². The zero-order chi connectivity index (χ0) is 16.8. The van der Waals surface area contributed by atoms with Gasteiger partial charge in [-0.3, -0.25) is 4.79 Å². The van der Waals surface area contributed by atoms with Gasteiger partial charge in [-0.1, -0.05) is 23.7 Å². The molecule has 23 heavy (non-hydrogen) atoms. The summed E-state index contributed by atoms with van der Waals surface area (Å²) in [5, 5.41) is 9.65. The van der Waals surface area contributed by atoms with Gasteiger partial charge in [0.25, 0.3) is 0 Å². The van der Waals surface area contributed by atoms with Crippen molar-refractivity contribution in [2.24, 2.45) is 0 Å². The predicted molar refractivity (Wildman–Crippen MR) is 89.5 cm³/mol. The number of aliphatic carboxylic acids is 1. The van der Waals surface area contributed by atoms with Gasteiger partial charge in [-0.25, -0.2) is 0 Å². The molecule has 0 saturated heterocycles. The first-order valence-electron chi connectivity index (χ1n) is 7.33. The fourth-order valence-electron chi connectivity index (χ4n) is 1.99. The molecular weight excluding hydrogens is 316 g/mol. The highest BCUT2D eigenvalue weighted by molar-refractivity contribution is 6.30. The van der Waals surface area contributed by atoms with E-state index in [9.17, 15) is 4.79 Å². The standard InChI is InChI=1S/C18H19ClO4/c1-12(23-17-9-5-15(19)6-10-17)11-22-16-7-3-14(4-8-16)13(2)18(20)21/h3-10,12-13H,11H2,1-2H3,(H,20,21). The molecule has 5 heteroatoms. The van der Waals surface area contributed by atoms with E-state index in [-0.39, 0.29) is 6.10 Å². The summed E-state index contributed by atoms with van der Waals surface area (Å²) in [7, 11) is 0. The topological polar surface area (TPSA) is 55.8 Å². The Morgan fingerprint density at radius 3 is 2.17 bits per heavy atom. The molecule has 122 valence electrons. The van der Waals surface area contributed by atoms with Crippen molar-refractivity contribution in [2.45, 2.75) is 25.9 Å². The molecule has 0 heterocycles. The molecule has 4 nitrogen and oxygen atoms in total. The van der Waals surface area contributed by atoms with Gasteiger partial charge in [0.05, 0.1) is 5.92 Å². The molecule has 2 unspecified atom stereocenters. The highest BCUT2D eigenvalue weighted by atomic mass is 35.5. The number of halogens is 1. The molecule has 0 spiro atoms. The number of benzene rings is 2. The second kappa shape index (κ2) is 7.88. The number of carboxylic acid groups (broad SMARTS) is 1. The monoisotopic (exact) mass is 334 g/mol. The fraction of sp³-hybridized carbons (Fsp3) is 0.278. The summed E-state index contributed by atoms with van der Waals surface area (Å²) in [6.07, 6.45) is -0.131. The van der Waals surface area contributed by atoms with Crippen molar-refractivity contribution in [1.82, 2.24) is 0 Å².